The van der Waals surface area contributed by atoms with E-state index >= 15 is 0 Å². The van der Waals surface area contributed by atoms with Crippen LogP contribution in [0.2, 0.25) is 0 Å². The third-order valence-electron chi connectivity index (χ3n) is 11.8. The molecule has 2 nitrogen and oxygen atoms in total. The lowest BCUT2D eigenvalue weighted by Crippen LogP contribution is -2.17. The predicted octanol–water partition coefficient (Wildman–Crippen LogP) is 15.8. The van der Waals surface area contributed by atoms with Crippen LogP contribution in [0.15, 0.2) is 222 Å². The van der Waals surface area contributed by atoms with Crippen molar-refractivity contribution >= 4 is 60.4 Å². The molecule has 0 unspecified atom stereocenters. The van der Waals surface area contributed by atoms with Crippen LogP contribution in [0.5, 0.6) is 0 Å². The van der Waals surface area contributed by atoms with E-state index < -0.39 is 0 Å². The van der Waals surface area contributed by atoms with E-state index in [0.717, 1.165) is 40.8 Å². The molecule has 1 aliphatic rings. The Balaban J connectivity index is 0.934. The summed E-state index contributed by atoms with van der Waals surface area (Å²) in [5.74, 6) is 0. The van der Waals surface area contributed by atoms with E-state index in [1.165, 1.54) is 77.1 Å². The van der Waals surface area contributed by atoms with E-state index in [-0.39, 0.29) is 0 Å². The molecular weight excluding hydrogens is 703 g/mol. The summed E-state index contributed by atoms with van der Waals surface area (Å²) in [6, 6.07) is 72.4. The van der Waals surface area contributed by atoms with Crippen molar-refractivity contribution in [2.45, 2.75) is 12.8 Å². The van der Waals surface area contributed by atoms with Crippen LogP contribution < -0.4 is 4.90 Å². The zero-order valence-corrected chi connectivity index (χ0v) is 32.0. The largest absolute Gasteiger partial charge is 0.455 e. The first-order valence-electron chi connectivity index (χ1n) is 20.1. The molecular formula is C56H39NO. The SMILES string of the molecule is C1=C(c2cccc3c2oc2ccccc23)CCC(N(c2ccc(-c3ccc(-c4ccc5ccccc5c4)cc3)cc2)c2ccc(-c3ccc4ccccc4c3)cc2)=C1. The molecule has 0 fully saturated rings. The van der Waals surface area contributed by atoms with Crippen molar-refractivity contribution in [3.05, 3.63) is 224 Å². The van der Waals surface area contributed by atoms with Gasteiger partial charge < -0.3 is 9.32 Å². The Bertz CT molecular complexity index is 3200. The van der Waals surface area contributed by atoms with E-state index in [2.05, 4.69) is 211 Å². The lowest BCUT2D eigenvalue weighted by atomic mass is 9.93. The summed E-state index contributed by atoms with van der Waals surface area (Å²) in [6.07, 6.45) is 6.40. The maximum absolute atomic E-state index is 6.44. The monoisotopic (exact) mass is 741 g/mol. The summed E-state index contributed by atoms with van der Waals surface area (Å²) in [7, 11) is 0. The second-order valence-electron chi connectivity index (χ2n) is 15.3. The van der Waals surface area contributed by atoms with E-state index in [0.29, 0.717) is 0 Å². The Morgan fingerprint density at radius 2 is 0.845 bits per heavy atom. The van der Waals surface area contributed by atoms with Gasteiger partial charge in [0.25, 0.3) is 0 Å². The first kappa shape index (κ1) is 33.9. The van der Waals surface area contributed by atoms with Crippen LogP contribution in [-0.4, -0.2) is 0 Å². The summed E-state index contributed by atoms with van der Waals surface area (Å²) in [5.41, 5.74) is 15.2. The topological polar surface area (TPSA) is 16.4 Å². The number of nitrogens with zero attached hydrogens (tertiary/aromatic N) is 1. The van der Waals surface area contributed by atoms with Crippen molar-refractivity contribution in [1.29, 1.82) is 0 Å². The molecule has 274 valence electrons. The average Bonchev–Trinajstić information content (AvgIpc) is 3.69. The quantitative estimate of drug-likeness (QED) is 0.162. The molecule has 0 saturated heterocycles. The van der Waals surface area contributed by atoms with Gasteiger partial charge >= 0.3 is 0 Å². The molecule has 0 bridgehead atoms. The molecule has 0 spiro atoms. The van der Waals surface area contributed by atoms with Gasteiger partial charge in [-0.1, -0.05) is 164 Å². The molecule has 1 aromatic heterocycles. The first-order chi connectivity index (χ1) is 28.7. The highest BCUT2D eigenvalue weighted by Gasteiger charge is 2.21. The number of furan rings is 1. The molecule has 9 aromatic carbocycles. The van der Waals surface area contributed by atoms with Crippen LogP contribution in [0.4, 0.5) is 11.4 Å². The summed E-state index contributed by atoms with van der Waals surface area (Å²) >= 11 is 0. The molecule has 0 radical (unpaired) electrons. The standard InChI is InChI=1S/C56H39NO/c1-3-10-45-36-47(22-20-38(45)8-1)42-18-16-40(17-19-42)41-24-30-49(31-25-41)57(50-32-26-43(27-33-50)48-23-21-39-9-2-4-11-46(39)37-48)51-34-28-44(29-35-51)52-13-7-14-54-53-12-5-6-15-55(53)58-56(52)54/h1-28,30-34,36-37H,29,35H2. The van der Waals surface area contributed by atoms with Crippen LogP contribution in [0.25, 0.3) is 82.4 Å². The van der Waals surface area contributed by atoms with E-state index in [1.807, 2.05) is 6.07 Å². The molecule has 0 atom stereocenters. The number of hydrogen-bond donors (Lipinski definition) is 0. The number of anilines is 2. The Morgan fingerprint density at radius 3 is 1.41 bits per heavy atom. The number of hydrogen-bond acceptors (Lipinski definition) is 2. The Kier molecular flexibility index (Phi) is 8.33. The predicted molar refractivity (Wildman–Crippen MR) is 245 cm³/mol. The molecule has 0 saturated carbocycles. The van der Waals surface area contributed by atoms with E-state index in [1.54, 1.807) is 0 Å². The maximum Gasteiger partial charge on any atom is 0.142 e. The lowest BCUT2D eigenvalue weighted by molar-refractivity contribution is 0.667. The van der Waals surface area contributed by atoms with Crippen molar-refractivity contribution in [3.8, 4) is 33.4 Å². The lowest BCUT2D eigenvalue weighted by Gasteiger charge is -2.30. The fourth-order valence-corrected chi connectivity index (χ4v) is 8.72. The van der Waals surface area contributed by atoms with Gasteiger partial charge in [-0.15, -0.1) is 0 Å². The molecule has 1 aliphatic carbocycles. The zero-order chi connectivity index (χ0) is 38.4. The molecule has 2 heteroatoms. The summed E-state index contributed by atoms with van der Waals surface area (Å²) in [6.45, 7) is 0. The first-order valence-corrected chi connectivity index (χ1v) is 20.1. The van der Waals surface area contributed by atoms with E-state index in [9.17, 15) is 0 Å². The van der Waals surface area contributed by atoms with Crippen LogP contribution in [0.3, 0.4) is 0 Å². The minimum Gasteiger partial charge on any atom is -0.455 e. The fraction of sp³-hybridized carbons (Fsp3) is 0.0357. The van der Waals surface area contributed by atoms with Crippen LogP contribution in [-0.2, 0) is 0 Å². The minimum absolute atomic E-state index is 0.896. The van der Waals surface area contributed by atoms with Crippen molar-refractivity contribution in [3.63, 3.8) is 0 Å². The summed E-state index contributed by atoms with van der Waals surface area (Å²) < 4.78 is 6.44. The molecule has 0 amide bonds. The number of rotatable bonds is 7. The van der Waals surface area contributed by atoms with Crippen LogP contribution in [0.1, 0.15) is 18.4 Å². The van der Waals surface area contributed by atoms with Gasteiger partial charge in [0.2, 0.25) is 0 Å². The van der Waals surface area contributed by atoms with Gasteiger partial charge in [0.1, 0.15) is 11.2 Å². The molecule has 1 heterocycles. The highest BCUT2D eigenvalue weighted by atomic mass is 16.3. The zero-order valence-electron chi connectivity index (χ0n) is 32.0. The van der Waals surface area contributed by atoms with Crippen molar-refractivity contribution < 1.29 is 4.42 Å². The van der Waals surface area contributed by atoms with Gasteiger partial charge in [0.15, 0.2) is 0 Å². The molecule has 10 aromatic rings. The van der Waals surface area contributed by atoms with Gasteiger partial charge in [-0.3, -0.25) is 0 Å². The average molecular weight is 742 g/mol. The number of benzene rings is 9. The number of fused-ring (bicyclic) bond motifs is 5. The fourth-order valence-electron chi connectivity index (χ4n) is 8.72. The van der Waals surface area contributed by atoms with Gasteiger partial charge in [-0.2, -0.15) is 0 Å². The smallest absolute Gasteiger partial charge is 0.142 e. The van der Waals surface area contributed by atoms with Crippen LogP contribution >= 0.6 is 0 Å². The molecule has 58 heavy (non-hydrogen) atoms. The third-order valence-corrected chi connectivity index (χ3v) is 11.8. The summed E-state index contributed by atoms with van der Waals surface area (Å²) in [4.78, 5) is 2.42. The molecule has 11 rings (SSSR count). The molecule has 0 N–H and O–H groups in total. The van der Waals surface area contributed by atoms with Crippen LogP contribution in [0, 0.1) is 0 Å². The van der Waals surface area contributed by atoms with Gasteiger partial charge in [-0.25, -0.2) is 0 Å². The molecule has 0 aliphatic heterocycles. The Morgan fingerprint density at radius 1 is 0.362 bits per heavy atom. The Hall–Kier alpha value is -7.42. The Labute approximate surface area is 338 Å². The van der Waals surface area contributed by atoms with Crippen molar-refractivity contribution in [2.75, 3.05) is 4.90 Å². The number of allylic oxidation sites excluding steroid dienone is 4. The minimum atomic E-state index is 0.896. The van der Waals surface area contributed by atoms with Gasteiger partial charge in [0.05, 0.1) is 0 Å². The second kappa shape index (κ2) is 14.3. The number of para-hydroxylation sites is 2. The normalized spacial score (nSPS) is 12.9. The second-order valence-corrected chi connectivity index (χ2v) is 15.3. The van der Waals surface area contributed by atoms with E-state index in [4.69, 9.17) is 4.42 Å². The maximum atomic E-state index is 6.44. The summed E-state index contributed by atoms with van der Waals surface area (Å²) in [5, 5.41) is 7.36. The highest BCUT2D eigenvalue weighted by Crippen LogP contribution is 2.41. The third kappa shape index (κ3) is 6.16. The van der Waals surface area contributed by atoms with Gasteiger partial charge in [-0.05, 0) is 122 Å². The van der Waals surface area contributed by atoms with Gasteiger partial charge in [0, 0.05) is 33.4 Å². The highest BCUT2D eigenvalue weighted by molar-refractivity contribution is 6.08. The van der Waals surface area contributed by atoms with Crippen molar-refractivity contribution in [2.24, 2.45) is 0 Å². The van der Waals surface area contributed by atoms with Crippen molar-refractivity contribution in [1.82, 2.24) is 0 Å².